The van der Waals surface area contributed by atoms with Crippen molar-refractivity contribution in [2.45, 2.75) is 19.8 Å². The van der Waals surface area contributed by atoms with Crippen LogP contribution in [-0.2, 0) is 0 Å². The van der Waals surface area contributed by atoms with E-state index in [1.807, 2.05) is 24.9 Å². The van der Waals surface area contributed by atoms with Crippen molar-refractivity contribution in [1.29, 1.82) is 0 Å². The fourth-order valence-corrected chi connectivity index (χ4v) is 2.85. The van der Waals surface area contributed by atoms with Crippen LogP contribution in [0.1, 0.15) is 40.5 Å². The van der Waals surface area contributed by atoms with Crippen LogP contribution in [0, 0.1) is 0 Å². The standard InChI is InChI=1S/C19H19Cl2N3O2/c1-3-5-17(23-18-14(11-25)15(20)8-9-16(18)21)24(2)13-7-4-6-12(10-13)19(22)26/h4,6-11H,3,5H2,1-2H3,(H2,22,26). The molecule has 0 spiro atoms. The number of carbonyl (C=O) groups excluding carboxylic acids is 2. The molecule has 0 aliphatic heterocycles. The van der Waals surface area contributed by atoms with Gasteiger partial charge in [0.2, 0.25) is 5.91 Å². The Labute approximate surface area is 162 Å². The Bertz CT molecular complexity index is 866. The minimum absolute atomic E-state index is 0.243. The molecule has 0 radical (unpaired) electrons. The van der Waals surface area contributed by atoms with E-state index in [-0.39, 0.29) is 10.6 Å². The van der Waals surface area contributed by atoms with Crippen LogP contribution >= 0.6 is 23.2 Å². The predicted molar refractivity (Wildman–Crippen MR) is 107 cm³/mol. The first kappa shape index (κ1) is 19.9. The van der Waals surface area contributed by atoms with Gasteiger partial charge in [-0.05, 0) is 36.8 Å². The fraction of sp³-hybridized carbons (Fsp3) is 0.211. The van der Waals surface area contributed by atoms with Crippen molar-refractivity contribution in [3.63, 3.8) is 0 Å². The predicted octanol–water partition coefficient (Wildman–Crippen LogP) is 4.87. The largest absolute Gasteiger partial charge is 0.366 e. The van der Waals surface area contributed by atoms with Crippen LogP contribution < -0.4 is 10.6 Å². The number of carbonyl (C=O) groups is 2. The summed E-state index contributed by atoms with van der Waals surface area (Å²) in [6, 6.07) is 10.1. The van der Waals surface area contributed by atoms with E-state index in [9.17, 15) is 9.59 Å². The van der Waals surface area contributed by atoms with Gasteiger partial charge >= 0.3 is 0 Å². The van der Waals surface area contributed by atoms with Gasteiger partial charge in [-0.1, -0.05) is 36.2 Å². The number of nitrogens with two attached hydrogens (primary N) is 1. The van der Waals surface area contributed by atoms with Gasteiger partial charge in [-0.2, -0.15) is 0 Å². The number of aldehydes is 1. The summed E-state index contributed by atoms with van der Waals surface area (Å²) in [6.07, 6.45) is 2.11. The number of nitrogens with zero attached hydrogens (tertiary/aromatic N) is 2. The molecule has 2 aromatic rings. The Morgan fingerprint density at radius 2 is 1.92 bits per heavy atom. The quantitative estimate of drug-likeness (QED) is 0.433. The van der Waals surface area contributed by atoms with Crippen LogP contribution in [0.15, 0.2) is 41.4 Å². The van der Waals surface area contributed by atoms with Gasteiger partial charge in [-0.3, -0.25) is 9.59 Å². The summed E-state index contributed by atoms with van der Waals surface area (Å²) in [5.41, 5.74) is 7.08. The summed E-state index contributed by atoms with van der Waals surface area (Å²) in [7, 11) is 1.83. The summed E-state index contributed by atoms with van der Waals surface area (Å²) in [5.74, 6) is 0.178. The number of anilines is 1. The van der Waals surface area contributed by atoms with Crippen LogP contribution in [0.2, 0.25) is 10.0 Å². The lowest BCUT2D eigenvalue weighted by molar-refractivity contribution is 0.1000. The average Bonchev–Trinajstić information content (AvgIpc) is 2.63. The second-order valence-corrected chi connectivity index (χ2v) is 6.48. The van der Waals surface area contributed by atoms with Crippen molar-refractivity contribution < 1.29 is 9.59 Å². The lowest BCUT2D eigenvalue weighted by atomic mass is 10.1. The van der Waals surface area contributed by atoms with E-state index in [1.54, 1.807) is 30.3 Å². The van der Waals surface area contributed by atoms with Crippen LogP contribution in [0.25, 0.3) is 0 Å². The Hall–Kier alpha value is -2.37. The van der Waals surface area contributed by atoms with Crippen molar-refractivity contribution in [2.24, 2.45) is 10.7 Å². The number of hydrogen-bond donors (Lipinski definition) is 1. The van der Waals surface area contributed by atoms with E-state index in [0.29, 0.717) is 34.8 Å². The van der Waals surface area contributed by atoms with Gasteiger partial charge in [0.05, 0.1) is 21.3 Å². The van der Waals surface area contributed by atoms with Crippen LogP contribution in [0.5, 0.6) is 0 Å². The topological polar surface area (TPSA) is 75.8 Å². The normalized spacial score (nSPS) is 11.3. The number of hydrogen-bond acceptors (Lipinski definition) is 3. The lowest BCUT2D eigenvalue weighted by Crippen LogP contribution is -2.26. The summed E-state index contributed by atoms with van der Waals surface area (Å²) in [4.78, 5) is 29.3. The van der Waals surface area contributed by atoms with E-state index >= 15 is 0 Å². The molecule has 0 fully saturated rings. The number of benzene rings is 2. The molecule has 136 valence electrons. The van der Waals surface area contributed by atoms with Gasteiger partial charge in [-0.15, -0.1) is 0 Å². The van der Waals surface area contributed by atoms with E-state index in [0.717, 1.165) is 12.1 Å². The van der Waals surface area contributed by atoms with E-state index in [2.05, 4.69) is 4.99 Å². The second kappa shape index (κ2) is 8.83. The molecule has 0 saturated heterocycles. The number of amidine groups is 1. The number of aliphatic imine (C=N–C) groups is 1. The molecule has 0 aliphatic rings. The van der Waals surface area contributed by atoms with E-state index in [1.165, 1.54) is 0 Å². The minimum Gasteiger partial charge on any atom is -0.366 e. The van der Waals surface area contributed by atoms with Gasteiger partial charge in [0.15, 0.2) is 6.29 Å². The highest BCUT2D eigenvalue weighted by Gasteiger charge is 2.15. The van der Waals surface area contributed by atoms with Crippen molar-refractivity contribution in [2.75, 3.05) is 11.9 Å². The van der Waals surface area contributed by atoms with Crippen molar-refractivity contribution in [1.82, 2.24) is 0 Å². The summed E-state index contributed by atoms with van der Waals surface area (Å²) in [6.45, 7) is 2.02. The molecule has 2 rings (SSSR count). The molecular weight excluding hydrogens is 373 g/mol. The maximum absolute atomic E-state index is 11.4. The second-order valence-electron chi connectivity index (χ2n) is 5.66. The summed E-state index contributed by atoms with van der Waals surface area (Å²) in [5, 5.41) is 0.627. The first-order valence-corrected chi connectivity index (χ1v) is 8.79. The molecule has 0 unspecified atom stereocenters. The molecule has 0 bridgehead atoms. The van der Waals surface area contributed by atoms with Crippen molar-refractivity contribution in [3.05, 3.63) is 57.6 Å². The maximum atomic E-state index is 11.4. The Balaban J connectivity index is 2.54. The maximum Gasteiger partial charge on any atom is 0.248 e. The third-order valence-electron chi connectivity index (χ3n) is 3.85. The van der Waals surface area contributed by atoms with Crippen LogP contribution in [0.4, 0.5) is 11.4 Å². The highest BCUT2D eigenvalue weighted by atomic mass is 35.5. The fourth-order valence-electron chi connectivity index (χ4n) is 2.45. The molecule has 7 heteroatoms. The zero-order valence-electron chi connectivity index (χ0n) is 14.5. The Morgan fingerprint density at radius 1 is 1.23 bits per heavy atom. The summed E-state index contributed by atoms with van der Waals surface area (Å²) >= 11 is 12.3. The average molecular weight is 392 g/mol. The van der Waals surface area contributed by atoms with Crippen LogP contribution in [-0.4, -0.2) is 25.1 Å². The molecule has 0 heterocycles. The number of rotatable bonds is 6. The smallest absolute Gasteiger partial charge is 0.248 e. The Morgan fingerprint density at radius 3 is 2.54 bits per heavy atom. The zero-order valence-corrected chi connectivity index (χ0v) is 16.0. The third-order valence-corrected chi connectivity index (χ3v) is 4.49. The first-order chi connectivity index (χ1) is 12.4. The van der Waals surface area contributed by atoms with Gasteiger partial charge in [0.25, 0.3) is 0 Å². The molecule has 26 heavy (non-hydrogen) atoms. The number of amides is 1. The van der Waals surface area contributed by atoms with Gasteiger partial charge in [0, 0.05) is 24.7 Å². The molecule has 2 N–H and O–H groups in total. The van der Waals surface area contributed by atoms with Crippen LogP contribution in [0.3, 0.4) is 0 Å². The summed E-state index contributed by atoms with van der Waals surface area (Å²) < 4.78 is 0. The van der Waals surface area contributed by atoms with Crippen molar-refractivity contribution >= 4 is 52.6 Å². The van der Waals surface area contributed by atoms with E-state index in [4.69, 9.17) is 28.9 Å². The molecule has 2 aromatic carbocycles. The number of primary amides is 1. The molecule has 0 aromatic heterocycles. The SMILES string of the molecule is CCCC(=Nc1c(Cl)ccc(Cl)c1C=O)N(C)c1cccc(C(N)=O)c1. The lowest BCUT2D eigenvalue weighted by Gasteiger charge is -2.22. The van der Waals surface area contributed by atoms with Crippen molar-refractivity contribution in [3.8, 4) is 0 Å². The van der Waals surface area contributed by atoms with Gasteiger partial charge in [0.1, 0.15) is 5.84 Å². The monoisotopic (exact) mass is 391 g/mol. The molecule has 5 nitrogen and oxygen atoms in total. The highest BCUT2D eigenvalue weighted by molar-refractivity contribution is 6.37. The molecule has 1 amide bonds. The number of halogens is 2. The van der Waals surface area contributed by atoms with E-state index < -0.39 is 5.91 Å². The third kappa shape index (κ3) is 4.42. The molecule has 0 aliphatic carbocycles. The van der Waals surface area contributed by atoms with Gasteiger partial charge in [-0.25, -0.2) is 4.99 Å². The Kier molecular flexibility index (Phi) is 6.77. The van der Waals surface area contributed by atoms with Gasteiger partial charge < -0.3 is 10.6 Å². The molecule has 0 saturated carbocycles. The molecular formula is C19H19Cl2N3O2. The highest BCUT2D eigenvalue weighted by Crippen LogP contribution is 2.34. The first-order valence-electron chi connectivity index (χ1n) is 8.03. The molecule has 0 atom stereocenters. The minimum atomic E-state index is -0.504. The zero-order chi connectivity index (χ0) is 19.3.